The summed E-state index contributed by atoms with van der Waals surface area (Å²) in [6, 6.07) is 14.1. The van der Waals surface area contributed by atoms with Gasteiger partial charge in [-0.15, -0.1) is 0 Å². The minimum absolute atomic E-state index is 0.0633. The average Bonchev–Trinajstić information content (AvgIpc) is 3.64. The Hall–Kier alpha value is -3.28. The zero-order valence-corrected chi connectivity index (χ0v) is 28.1. The molecule has 1 saturated carbocycles. The summed E-state index contributed by atoms with van der Waals surface area (Å²) >= 11 is 0. The number of ether oxygens (including phenoxy) is 3. The number of amides is 1. The maximum Gasteiger partial charge on any atom is 0.327 e. The lowest BCUT2D eigenvalue weighted by Gasteiger charge is -2.48. The van der Waals surface area contributed by atoms with Crippen molar-refractivity contribution in [2.45, 2.75) is 121 Å². The van der Waals surface area contributed by atoms with Crippen molar-refractivity contribution in [2.75, 3.05) is 13.2 Å². The van der Waals surface area contributed by atoms with Gasteiger partial charge in [0.05, 0.1) is 13.2 Å². The Bertz CT molecular complexity index is 1450. The number of hydroxylamine groups is 2. The van der Waals surface area contributed by atoms with E-state index in [-0.39, 0.29) is 37.8 Å². The van der Waals surface area contributed by atoms with Crippen LogP contribution in [0.1, 0.15) is 88.3 Å². The molecule has 1 amide bonds. The Morgan fingerprint density at radius 1 is 0.979 bits per heavy atom. The van der Waals surface area contributed by atoms with E-state index in [4.69, 9.17) is 19.0 Å². The van der Waals surface area contributed by atoms with Crippen molar-refractivity contribution < 1.29 is 38.9 Å². The van der Waals surface area contributed by atoms with Crippen LogP contribution in [0.3, 0.4) is 0 Å². The lowest BCUT2D eigenvalue weighted by molar-refractivity contribution is -0.224. The molecule has 0 radical (unpaired) electrons. The summed E-state index contributed by atoms with van der Waals surface area (Å²) in [5.41, 5.74) is 1.37. The third-order valence-electron chi connectivity index (χ3n) is 10.4. The van der Waals surface area contributed by atoms with Gasteiger partial charge >= 0.3 is 5.97 Å². The zero-order chi connectivity index (χ0) is 33.7. The van der Waals surface area contributed by atoms with Gasteiger partial charge in [-0.3, -0.25) is 14.4 Å². The van der Waals surface area contributed by atoms with Gasteiger partial charge in [0.15, 0.2) is 11.8 Å². The fourth-order valence-corrected chi connectivity index (χ4v) is 8.04. The molecule has 4 fully saturated rings. The molecule has 10 heteroatoms. The number of fused-ring (bicyclic) bond motifs is 4. The van der Waals surface area contributed by atoms with Crippen molar-refractivity contribution >= 4 is 18.0 Å². The molecule has 3 N–H and O–H groups in total. The number of hydrogen-bond donors (Lipinski definition) is 3. The summed E-state index contributed by atoms with van der Waals surface area (Å²) < 4.78 is 19.8. The first-order chi connectivity index (χ1) is 23.4. The van der Waals surface area contributed by atoms with Crippen LogP contribution in [0.25, 0.3) is 6.08 Å². The highest BCUT2D eigenvalue weighted by Crippen LogP contribution is 2.58. The van der Waals surface area contributed by atoms with Crippen LogP contribution in [0.5, 0.6) is 5.75 Å². The molecule has 3 heterocycles. The molecule has 3 aliphatic heterocycles. The van der Waals surface area contributed by atoms with Gasteiger partial charge in [0.1, 0.15) is 35.6 Å². The van der Waals surface area contributed by atoms with Gasteiger partial charge in [-0.2, -0.15) is 5.06 Å². The summed E-state index contributed by atoms with van der Waals surface area (Å²) in [5.74, 6) is -1.44. The Labute approximate surface area is 283 Å². The molecule has 2 bridgehead atoms. The maximum absolute atomic E-state index is 14.2. The molecule has 0 spiro atoms. The molecule has 2 aromatic carbocycles. The van der Waals surface area contributed by atoms with Crippen LogP contribution in [0.15, 0.2) is 54.6 Å². The molecule has 1 aliphatic carbocycles. The van der Waals surface area contributed by atoms with Crippen LogP contribution in [0.4, 0.5) is 0 Å². The predicted octanol–water partition coefficient (Wildman–Crippen LogP) is 5.20. The number of para-hydroxylation sites is 1. The number of hydrogen-bond acceptors (Lipinski definition) is 9. The van der Waals surface area contributed by atoms with Gasteiger partial charge in [-0.1, -0.05) is 94.1 Å². The van der Waals surface area contributed by atoms with Crippen LogP contribution in [0.2, 0.25) is 0 Å². The molecule has 6 rings (SSSR count). The van der Waals surface area contributed by atoms with E-state index in [1.165, 1.54) is 0 Å². The number of phenolic OH excluding ortho intramolecular Hbond substituents is 1. The highest BCUT2D eigenvalue weighted by atomic mass is 16.8. The molecule has 4 aliphatic rings. The Kier molecular flexibility index (Phi) is 10.9. The van der Waals surface area contributed by atoms with Gasteiger partial charge in [-0.25, -0.2) is 0 Å². The van der Waals surface area contributed by atoms with Crippen LogP contribution in [-0.2, 0) is 41.6 Å². The number of allylic oxidation sites excluding steroid dienone is 1. The lowest BCUT2D eigenvalue weighted by Crippen LogP contribution is -2.69. The molecular formula is C38H50N2O8. The first kappa shape index (κ1) is 34.6. The Morgan fingerprint density at radius 3 is 2.38 bits per heavy atom. The van der Waals surface area contributed by atoms with E-state index in [1.54, 1.807) is 17.2 Å². The number of nitrogens with one attached hydrogen (secondary N) is 1. The largest absolute Gasteiger partial charge is 0.508 e. The number of carbonyl (C=O) groups is 2. The van der Waals surface area contributed by atoms with E-state index < -0.39 is 47.6 Å². The fraction of sp³-hybridized carbons (Fsp3) is 0.579. The van der Waals surface area contributed by atoms with E-state index in [2.05, 4.69) is 19.2 Å². The summed E-state index contributed by atoms with van der Waals surface area (Å²) in [7, 11) is 0. The third kappa shape index (κ3) is 6.65. The normalized spacial score (nSPS) is 28.8. The molecule has 0 unspecified atom stereocenters. The minimum atomic E-state index is -1.28. The third-order valence-corrected chi connectivity index (χ3v) is 10.4. The number of phenols is 1. The van der Waals surface area contributed by atoms with E-state index in [0.717, 1.165) is 68.1 Å². The van der Waals surface area contributed by atoms with Crippen LogP contribution in [-0.4, -0.2) is 76.5 Å². The number of esters is 1. The highest BCUT2D eigenvalue weighted by Gasteiger charge is 2.76. The number of rotatable bonds is 16. The number of aliphatic hydroxyl groups is 1. The number of carbonyl (C=O) groups excluding carboxylic acids is 2. The van der Waals surface area contributed by atoms with Crippen molar-refractivity contribution in [3.8, 4) is 5.75 Å². The van der Waals surface area contributed by atoms with Gasteiger partial charge in [0, 0.05) is 25.8 Å². The summed E-state index contributed by atoms with van der Waals surface area (Å²) in [6.45, 7) is 4.40. The minimum Gasteiger partial charge on any atom is -0.508 e. The molecule has 0 aromatic heterocycles. The van der Waals surface area contributed by atoms with Crippen LogP contribution >= 0.6 is 0 Å². The number of unbranched alkanes of at least 4 members (excludes halogenated alkanes) is 4. The Morgan fingerprint density at radius 2 is 1.67 bits per heavy atom. The van der Waals surface area contributed by atoms with Gasteiger partial charge in [-0.05, 0) is 42.0 Å². The van der Waals surface area contributed by atoms with Gasteiger partial charge in [0.25, 0.3) is 0 Å². The topological polar surface area (TPSA) is 127 Å². The standard InChI is InChI=1S/C38H50N2O8/c1-3-5-11-20-37(21-12-6-4-2)46-31-30-24-38(36(44)39-22-23-41)33(35(43)45-30)40(48-34(38)32(31)47-37)25-28-16-8-7-14-26(28)17-13-18-27-15-9-10-19-29(27)42/h7-10,13-17,19,30-34,41-42H,3-6,11-12,18,20-25H2,1-2H3,(H,39,44)/t30-,31+,32+,33+,34-,38+/m1/s1. The predicted molar refractivity (Wildman–Crippen MR) is 179 cm³/mol. The number of benzene rings is 2. The second kappa shape index (κ2) is 15.1. The average molecular weight is 663 g/mol. The molecule has 260 valence electrons. The smallest absolute Gasteiger partial charge is 0.327 e. The van der Waals surface area contributed by atoms with Crippen LogP contribution in [0, 0.1) is 5.41 Å². The first-order valence-corrected chi connectivity index (χ1v) is 17.8. The molecule has 10 nitrogen and oxygen atoms in total. The quantitative estimate of drug-likeness (QED) is 0.164. The molecule has 2 aromatic rings. The Balaban J connectivity index is 1.31. The summed E-state index contributed by atoms with van der Waals surface area (Å²) in [4.78, 5) is 34.9. The summed E-state index contributed by atoms with van der Waals surface area (Å²) in [6.07, 6.45) is 9.78. The van der Waals surface area contributed by atoms with Gasteiger partial charge < -0.3 is 29.7 Å². The van der Waals surface area contributed by atoms with E-state index in [9.17, 15) is 19.8 Å². The highest BCUT2D eigenvalue weighted by molar-refractivity contribution is 5.93. The fourth-order valence-electron chi connectivity index (χ4n) is 8.04. The zero-order valence-electron chi connectivity index (χ0n) is 28.1. The summed E-state index contributed by atoms with van der Waals surface area (Å²) in [5, 5.41) is 24.3. The SMILES string of the molecule is CCCCCC1(CCCCC)O[C@@H]2[C@H](O1)[C@H]1ON(Cc3ccccc3C=CCc3ccccc3O)[C@H]3C(=O)O[C@@H]2C[C@@]13C(=O)NCCO. The molecule has 48 heavy (non-hydrogen) atoms. The number of aliphatic hydroxyl groups excluding tert-OH is 1. The van der Waals surface area contributed by atoms with E-state index >= 15 is 0 Å². The van der Waals surface area contributed by atoms with Crippen molar-refractivity contribution in [2.24, 2.45) is 5.41 Å². The van der Waals surface area contributed by atoms with E-state index in [0.29, 0.717) is 6.42 Å². The maximum atomic E-state index is 14.2. The monoisotopic (exact) mass is 662 g/mol. The van der Waals surface area contributed by atoms with Crippen molar-refractivity contribution in [3.05, 3.63) is 71.3 Å². The van der Waals surface area contributed by atoms with Crippen molar-refractivity contribution in [1.82, 2.24) is 10.4 Å². The number of nitrogens with zero attached hydrogens (tertiary/aromatic N) is 1. The number of aromatic hydroxyl groups is 1. The second-order valence-electron chi connectivity index (χ2n) is 13.6. The molecule has 3 saturated heterocycles. The van der Waals surface area contributed by atoms with Gasteiger partial charge in [0.2, 0.25) is 5.91 Å². The molecular weight excluding hydrogens is 612 g/mol. The van der Waals surface area contributed by atoms with Crippen LogP contribution < -0.4 is 5.32 Å². The first-order valence-electron chi connectivity index (χ1n) is 17.8. The lowest BCUT2D eigenvalue weighted by atomic mass is 9.62. The second-order valence-corrected chi connectivity index (χ2v) is 13.6. The molecule has 6 atom stereocenters. The van der Waals surface area contributed by atoms with E-state index in [1.807, 2.05) is 48.6 Å². The van der Waals surface area contributed by atoms with Crippen molar-refractivity contribution in [1.29, 1.82) is 0 Å². The van der Waals surface area contributed by atoms with Crippen molar-refractivity contribution in [3.63, 3.8) is 0 Å².